The highest BCUT2D eigenvalue weighted by Crippen LogP contribution is 2.28. The zero-order valence-electron chi connectivity index (χ0n) is 11.3. The maximum Gasteiger partial charge on any atom is 0.338 e. The molecule has 0 saturated carbocycles. The van der Waals surface area contributed by atoms with Gasteiger partial charge in [0, 0.05) is 10.7 Å². The van der Waals surface area contributed by atoms with Gasteiger partial charge in [-0.15, -0.1) is 11.6 Å². The second-order valence-corrected chi connectivity index (χ2v) is 5.03. The van der Waals surface area contributed by atoms with Gasteiger partial charge in [-0.05, 0) is 24.6 Å². The fourth-order valence-corrected chi connectivity index (χ4v) is 2.42. The zero-order chi connectivity index (χ0) is 15.4. The zero-order valence-corrected chi connectivity index (χ0v) is 12.8. The predicted octanol–water partition coefficient (Wildman–Crippen LogP) is 2.75. The van der Waals surface area contributed by atoms with Crippen LogP contribution in [0.4, 0.5) is 4.79 Å². The summed E-state index contributed by atoms with van der Waals surface area (Å²) in [5.74, 6) is -0.508. The first kappa shape index (κ1) is 15.7. The molecule has 21 heavy (non-hydrogen) atoms. The van der Waals surface area contributed by atoms with Crippen molar-refractivity contribution in [3.63, 3.8) is 0 Å². The molecule has 1 aliphatic rings. The van der Waals surface area contributed by atoms with Crippen LogP contribution in [0.3, 0.4) is 0 Å². The third-order valence-electron chi connectivity index (χ3n) is 2.99. The maximum atomic E-state index is 12.2. The number of carbonyl (C=O) groups is 2. The molecule has 0 bridgehead atoms. The number of urea groups is 1. The molecule has 0 spiro atoms. The molecule has 7 heteroatoms. The summed E-state index contributed by atoms with van der Waals surface area (Å²) in [5, 5.41) is 5.80. The number of carbonyl (C=O) groups excluding carboxylic acids is 2. The Morgan fingerprint density at radius 1 is 1.33 bits per heavy atom. The number of esters is 1. The number of rotatable bonds is 4. The molecular weight excluding hydrogens is 315 g/mol. The normalized spacial score (nSPS) is 18.0. The van der Waals surface area contributed by atoms with Crippen molar-refractivity contribution in [2.24, 2.45) is 0 Å². The molecule has 1 aromatic carbocycles. The molecule has 0 saturated heterocycles. The molecule has 2 N–H and O–H groups in total. The van der Waals surface area contributed by atoms with Crippen molar-refractivity contribution in [3.8, 4) is 0 Å². The fourth-order valence-electron chi connectivity index (χ4n) is 2.08. The summed E-state index contributed by atoms with van der Waals surface area (Å²) >= 11 is 11.7. The van der Waals surface area contributed by atoms with Crippen LogP contribution in [0.15, 0.2) is 35.5 Å². The van der Waals surface area contributed by atoms with Gasteiger partial charge in [-0.1, -0.05) is 23.7 Å². The number of hydrogen-bond acceptors (Lipinski definition) is 3. The van der Waals surface area contributed by atoms with Crippen LogP contribution >= 0.6 is 23.2 Å². The predicted molar refractivity (Wildman–Crippen MR) is 80.2 cm³/mol. The Kier molecular flexibility index (Phi) is 5.09. The van der Waals surface area contributed by atoms with Gasteiger partial charge in [0.15, 0.2) is 0 Å². The molecule has 0 fully saturated rings. The van der Waals surface area contributed by atoms with Gasteiger partial charge in [-0.25, -0.2) is 9.59 Å². The van der Waals surface area contributed by atoms with Gasteiger partial charge in [0.05, 0.1) is 24.1 Å². The maximum absolute atomic E-state index is 12.2. The van der Waals surface area contributed by atoms with Crippen LogP contribution in [0, 0.1) is 0 Å². The molecule has 5 nitrogen and oxygen atoms in total. The highest BCUT2D eigenvalue weighted by molar-refractivity contribution is 6.30. The third-order valence-corrected chi connectivity index (χ3v) is 3.51. The van der Waals surface area contributed by atoms with Crippen LogP contribution in [0.1, 0.15) is 18.5 Å². The van der Waals surface area contributed by atoms with E-state index in [1.807, 2.05) is 0 Å². The van der Waals surface area contributed by atoms with E-state index in [0.29, 0.717) is 16.3 Å². The lowest BCUT2D eigenvalue weighted by Crippen LogP contribution is -2.46. The van der Waals surface area contributed by atoms with Crippen molar-refractivity contribution in [2.45, 2.75) is 13.0 Å². The van der Waals surface area contributed by atoms with Gasteiger partial charge in [0.1, 0.15) is 0 Å². The quantitative estimate of drug-likeness (QED) is 0.659. The van der Waals surface area contributed by atoms with Gasteiger partial charge >= 0.3 is 12.0 Å². The first-order chi connectivity index (χ1) is 10.1. The van der Waals surface area contributed by atoms with Gasteiger partial charge in [-0.3, -0.25) is 0 Å². The number of ether oxygens (including phenoxy) is 1. The molecule has 112 valence electrons. The fraction of sp³-hybridized carbons (Fsp3) is 0.286. The van der Waals surface area contributed by atoms with Crippen LogP contribution in [0.25, 0.3) is 0 Å². The largest absolute Gasteiger partial charge is 0.463 e. The van der Waals surface area contributed by atoms with Crippen molar-refractivity contribution < 1.29 is 14.3 Å². The third kappa shape index (κ3) is 3.49. The van der Waals surface area contributed by atoms with E-state index < -0.39 is 18.0 Å². The number of halogens is 2. The Hall–Kier alpha value is -1.72. The van der Waals surface area contributed by atoms with Gasteiger partial charge in [0.25, 0.3) is 0 Å². The molecule has 0 aromatic heterocycles. The molecule has 2 amide bonds. The summed E-state index contributed by atoms with van der Waals surface area (Å²) < 4.78 is 5.05. The lowest BCUT2D eigenvalue weighted by atomic mass is 9.95. The van der Waals surface area contributed by atoms with E-state index in [-0.39, 0.29) is 12.5 Å². The lowest BCUT2D eigenvalue weighted by Gasteiger charge is -2.28. The van der Waals surface area contributed by atoms with Crippen LogP contribution in [-0.2, 0) is 9.53 Å². The molecule has 1 unspecified atom stereocenters. The van der Waals surface area contributed by atoms with Gasteiger partial charge < -0.3 is 15.4 Å². The number of alkyl halides is 1. The van der Waals surface area contributed by atoms with E-state index >= 15 is 0 Å². The van der Waals surface area contributed by atoms with E-state index in [2.05, 4.69) is 10.6 Å². The minimum atomic E-state index is -0.621. The molecule has 1 aliphatic heterocycles. The smallest absolute Gasteiger partial charge is 0.338 e. The van der Waals surface area contributed by atoms with Gasteiger partial charge in [-0.2, -0.15) is 0 Å². The highest BCUT2D eigenvalue weighted by Gasteiger charge is 2.33. The van der Waals surface area contributed by atoms with E-state index in [4.69, 9.17) is 27.9 Å². The summed E-state index contributed by atoms with van der Waals surface area (Å²) in [5.41, 5.74) is 1.37. The van der Waals surface area contributed by atoms with Crippen LogP contribution < -0.4 is 10.6 Å². The van der Waals surface area contributed by atoms with Crippen LogP contribution in [0.5, 0.6) is 0 Å². The molecule has 1 heterocycles. The minimum Gasteiger partial charge on any atom is -0.463 e. The minimum absolute atomic E-state index is 0.00561. The number of allylic oxidation sites excluding steroid dienone is 1. The average Bonchev–Trinajstić information content (AvgIpc) is 2.47. The van der Waals surface area contributed by atoms with Crippen molar-refractivity contribution in [2.75, 3.05) is 12.5 Å². The topological polar surface area (TPSA) is 67.4 Å². The molecule has 1 aromatic rings. The average molecular weight is 329 g/mol. The summed E-state index contributed by atoms with van der Waals surface area (Å²) in [6.45, 7) is 1.95. The first-order valence-corrected chi connectivity index (χ1v) is 7.27. The van der Waals surface area contributed by atoms with Crippen molar-refractivity contribution in [3.05, 3.63) is 46.1 Å². The van der Waals surface area contributed by atoms with E-state index in [0.717, 1.165) is 5.56 Å². The SMILES string of the molecule is CCOC(=O)C1=C(CCl)NC(=O)NC1c1ccc(Cl)cc1. The summed E-state index contributed by atoms with van der Waals surface area (Å²) in [6, 6.07) is 5.82. The van der Waals surface area contributed by atoms with Crippen molar-refractivity contribution in [1.29, 1.82) is 0 Å². The van der Waals surface area contributed by atoms with Crippen molar-refractivity contribution in [1.82, 2.24) is 10.6 Å². The molecule has 0 aliphatic carbocycles. The molecular formula is C14H14Cl2N2O3. The molecule has 0 radical (unpaired) electrons. The standard InChI is InChI=1S/C14H14Cl2N2O3/c1-2-21-13(19)11-10(7-15)17-14(20)18-12(11)8-3-5-9(16)6-4-8/h3-6,12H,2,7H2,1H3,(H2,17,18,20). The van der Waals surface area contributed by atoms with Gasteiger partial charge in [0.2, 0.25) is 0 Å². The highest BCUT2D eigenvalue weighted by atomic mass is 35.5. The summed E-state index contributed by atoms with van der Waals surface area (Å²) in [7, 11) is 0. The monoisotopic (exact) mass is 328 g/mol. The summed E-state index contributed by atoms with van der Waals surface area (Å²) in [4.78, 5) is 23.9. The number of benzene rings is 1. The van der Waals surface area contributed by atoms with Crippen LogP contribution in [-0.4, -0.2) is 24.5 Å². The summed E-state index contributed by atoms with van der Waals surface area (Å²) in [6.07, 6.45) is 0. The van der Waals surface area contributed by atoms with E-state index in [1.165, 1.54) is 0 Å². The Bertz CT molecular complexity index is 584. The Morgan fingerprint density at radius 3 is 2.57 bits per heavy atom. The second-order valence-electron chi connectivity index (χ2n) is 4.33. The van der Waals surface area contributed by atoms with E-state index in [9.17, 15) is 9.59 Å². The second kappa shape index (κ2) is 6.83. The van der Waals surface area contributed by atoms with Crippen molar-refractivity contribution >= 4 is 35.2 Å². The molecule has 1 atom stereocenters. The molecule has 2 rings (SSSR count). The Balaban J connectivity index is 2.46. The number of hydrogen-bond donors (Lipinski definition) is 2. The van der Waals surface area contributed by atoms with Crippen LogP contribution in [0.2, 0.25) is 5.02 Å². The lowest BCUT2D eigenvalue weighted by molar-refractivity contribution is -0.139. The number of amides is 2. The Labute approximate surface area is 132 Å². The Morgan fingerprint density at radius 2 is 2.00 bits per heavy atom. The van der Waals surface area contributed by atoms with E-state index in [1.54, 1.807) is 31.2 Å². The number of nitrogens with one attached hydrogen (secondary N) is 2. The first-order valence-electron chi connectivity index (χ1n) is 6.36.